The number of hydrogen-bond donors (Lipinski definition) is 2. The highest BCUT2D eigenvalue weighted by molar-refractivity contribution is 6.03. The van der Waals surface area contributed by atoms with Crippen LogP contribution in [0.25, 0.3) is 0 Å². The maximum absolute atomic E-state index is 12.5. The van der Waals surface area contributed by atoms with Crippen LogP contribution in [0.15, 0.2) is 42.5 Å². The Morgan fingerprint density at radius 1 is 0.900 bits per heavy atom. The van der Waals surface area contributed by atoms with Crippen molar-refractivity contribution >= 4 is 23.7 Å². The Kier molecular flexibility index (Phi) is 7.80. The number of nitrogens with one attached hydrogen (secondary N) is 2. The highest BCUT2D eigenvalue weighted by atomic mass is 16.5. The molecule has 0 aliphatic carbocycles. The molecule has 30 heavy (non-hydrogen) atoms. The summed E-state index contributed by atoms with van der Waals surface area (Å²) in [6.45, 7) is 5.79. The Morgan fingerprint density at radius 3 is 2.20 bits per heavy atom. The van der Waals surface area contributed by atoms with Crippen LogP contribution >= 0.6 is 0 Å². The van der Waals surface area contributed by atoms with Crippen molar-refractivity contribution in [2.45, 2.75) is 32.9 Å². The van der Waals surface area contributed by atoms with Gasteiger partial charge in [-0.05, 0) is 42.7 Å². The van der Waals surface area contributed by atoms with Gasteiger partial charge in [0.1, 0.15) is 5.75 Å². The zero-order valence-electron chi connectivity index (χ0n) is 17.6. The van der Waals surface area contributed by atoms with Gasteiger partial charge in [0.2, 0.25) is 0 Å². The van der Waals surface area contributed by atoms with E-state index in [1.807, 2.05) is 24.3 Å². The molecule has 0 radical (unpaired) electrons. The normalized spacial score (nSPS) is 11.4. The third kappa shape index (κ3) is 5.73. The Hall–Kier alpha value is -3.55. The van der Waals surface area contributed by atoms with Crippen LogP contribution in [-0.2, 0) is 9.47 Å². The number of hydrogen-bond acceptors (Lipinski definition) is 6. The molecule has 0 aliphatic heterocycles. The third-order valence-electron chi connectivity index (χ3n) is 4.27. The average Bonchev–Trinajstić information content (AvgIpc) is 2.72. The molecular weight excluding hydrogens is 388 g/mol. The predicted octanol–water partition coefficient (Wildman–Crippen LogP) is 3.93. The van der Waals surface area contributed by atoms with Gasteiger partial charge in [0, 0.05) is 0 Å². The molecule has 8 heteroatoms. The number of amides is 2. The predicted molar refractivity (Wildman–Crippen MR) is 112 cm³/mol. The molecule has 2 aromatic carbocycles. The summed E-state index contributed by atoms with van der Waals surface area (Å²) < 4.78 is 15.3. The summed E-state index contributed by atoms with van der Waals surface area (Å²) in [5.74, 6) is -0.331. The summed E-state index contributed by atoms with van der Waals surface area (Å²) in [6, 6.07) is 11.1. The lowest BCUT2D eigenvalue weighted by molar-refractivity contribution is 0.0587. The maximum Gasteiger partial charge on any atom is 0.339 e. The van der Waals surface area contributed by atoms with Gasteiger partial charge >= 0.3 is 18.0 Å². The first kappa shape index (κ1) is 22.7. The molecule has 160 valence electrons. The highest BCUT2D eigenvalue weighted by Gasteiger charge is 2.19. The van der Waals surface area contributed by atoms with Crippen molar-refractivity contribution in [2.24, 2.45) is 0 Å². The van der Waals surface area contributed by atoms with Gasteiger partial charge in [-0.15, -0.1) is 0 Å². The number of esters is 2. The van der Waals surface area contributed by atoms with E-state index in [-0.39, 0.29) is 22.7 Å². The molecule has 2 N–H and O–H groups in total. The second-order valence-corrected chi connectivity index (χ2v) is 6.79. The number of carbonyl (C=O) groups is 3. The molecule has 0 saturated carbocycles. The van der Waals surface area contributed by atoms with Crippen LogP contribution < -0.4 is 15.4 Å². The van der Waals surface area contributed by atoms with Gasteiger partial charge in [0.25, 0.3) is 0 Å². The van der Waals surface area contributed by atoms with E-state index >= 15 is 0 Å². The van der Waals surface area contributed by atoms with Crippen LogP contribution in [0.5, 0.6) is 5.75 Å². The number of para-hydroxylation sites is 1. The standard InChI is InChI=1S/C22H26N2O6/c1-13(2)16-8-6-7-9-19(16)30-14(3)23-22(27)24-18-12-15(20(25)28-4)10-11-17(18)21(26)29-5/h6-14H,1-5H3,(H2,23,24,27). The highest BCUT2D eigenvalue weighted by Crippen LogP contribution is 2.26. The molecule has 0 aromatic heterocycles. The summed E-state index contributed by atoms with van der Waals surface area (Å²) in [5.41, 5.74) is 1.40. The van der Waals surface area contributed by atoms with Crippen molar-refractivity contribution in [3.05, 3.63) is 59.2 Å². The second-order valence-electron chi connectivity index (χ2n) is 6.79. The molecule has 1 atom stereocenters. The lowest BCUT2D eigenvalue weighted by atomic mass is 10.0. The zero-order valence-corrected chi connectivity index (χ0v) is 17.6. The van der Waals surface area contributed by atoms with E-state index in [0.717, 1.165) is 5.56 Å². The van der Waals surface area contributed by atoms with E-state index < -0.39 is 24.2 Å². The number of urea groups is 1. The fourth-order valence-corrected chi connectivity index (χ4v) is 2.81. The summed E-state index contributed by atoms with van der Waals surface area (Å²) in [4.78, 5) is 36.3. The van der Waals surface area contributed by atoms with E-state index in [2.05, 4.69) is 29.2 Å². The van der Waals surface area contributed by atoms with Gasteiger partial charge in [-0.2, -0.15) is 0 Å². The molecule has 2 amide bonds. The first-order valence-electron chi connectivity index (χ1n) is 9.40. The number of carbonyl (C=O) groups excluding carboxylic acids is 3. The lowest BCUT2D eigenvalue weighted by Gasteiger charge is -2.20. The van der Waals surface area contributed by atoms with Crippen molar-refractivity contribution in [3.63, 3.8) is 0 Å². The largest absolute Gasteiger partial charge is 0.471 e. The van der Waals surface area contributed by atoms with E-state index in [4.69, 9.17) is 9.47 Å². The molecule has 0 fully saturated rings. The maximum atomic E-state index is 12.5. The van der Waals surface area contributed by atoms with Crippen LogP contribution in [0.3, 0.4) is 0 Å². The van der Waals surface area contributed by atoms with E-state index in [9.17, 15) is 14.4 Å². The number of ether oxygens (including phenoxy) is 3. The molecule has 0 bridgehead atoms. The van der Waals surface area contributed by atoms with Gasteiger partial charge in [-0.1, -0.05) is 32.0 Å². The topological polar surface area (TPSA) is 103 Å². The fraction of sp³-hybridized carbons (Fsp3) is 0.318. The summed E-state index contributed by atoms with van der Waals surface area (Å²) in [6.07, 6.45) is -0.657. The van der Waals surface area contributed by atoms with Crippen molar-refractivity contribution in [3.8, 4) is 5.75 Å². The molecule has 2 rings (SSSR count). The monoisotopic (exact) mass is 414 g/mol. The molecule has 0 heterocycles. The van der Waals surface area contributed by atoms with Crippen molar-refractivity contribution in [2.75, 3.05) is 19.5 Å². The van der Waals surface area contributed by atoms with Gasteiger partial charge in [-0.25, -0.2) is 14.4 Å². The van der Waals surface area contributed by atoms with Crippen LogP contribution in [-0.4, -0.2) is 38.4 Å². The lowest BCUT2D eigenvalue weighted by Crippen LogP contribution is -2.40. The fourth-order valence-electron chi connectivity index (χ4n) is 2.81. The van der Waals surface area contributed by atoms with Crippen LogP contribution in [0.1, 0.15) is 53.0 Å². The van der Waals surface area contributed by atoms with Crippen LogP contribution in [0, 0.1) is 0 Å². The average molecular weight is 414 g/mol. The third-order valence-corrected chi connectivity index (χ3v) is 4.27. The second kappa shape index (κ2) is 10.3. The Bertz CT molecular complexity index is 926. The molecule has 1 unspecified atom stereocenters. The van der Waals surface area contributed by atoms with Crippen molar-refractivity contribution in [1.82, 2.24) is 5.32 Å². The van der Waals surface area contributed by atoms with Crippen molar-refractivity contribution in [1.29, 1.82) is 0 Å². The Labute approximate surface area is 175 Å². The Morgan fingerprint density at radius 2 is 1.57 bits per heavy atom. The van der Waals surface area contributed by atoms with Gasteiger partial charge in [0.05, 0.1) is 31.0 Å². The Balaban J connectivity index is 2.15. The minimum Gasteiger partial charge on any atom is -0.471 e. The van der Waals surface area contributed by atoms with E-state index in [1.54, 1.807) is 6.92 Å². The molecule has 0 spiro atoms. The number of anilines is 1. The SMILES string of the molecule is COC(=O)c1ccc(C(=O)OC)c(NC(=O)NC(C)Oc2ccccc2C(C)C)c1. The number of methoxy groups -OCH3 is 2. The van der Waals surface area contributed by atoms with Crippen LogP contribution in [0.4, 0.5) is 10.5 Å². The van der Waals surface area contributed by atoms with Gasteiger partial charge in [0.15, 0.2) is 6.23 Å². The first-order valence-corrected chi connectivity index (χ1v) is 9.40. The van der Waals surface area contributed by atoms with Crippen LogP contribution in [0.2, 0.25) is 0 Å². The molecule has 8 nitrogen and oxygen atoms in total. The zero-order chi connectivity index (χ0) is 22.3. The summed E-state index contributed by atoms with van der Waals surface area (Å²) >= 11 is 0. The molecule has 0 saturated heterocycles. The summed E-state index contributed by atoms with van der Waals surface area (Å²) in [7, 11) is 2.47. The van der Waals surface area contributed by atoms with E-state index in [0.29, 0.717) is 5.75 Å². The van der Waals surface area contributed by atoms with Gasteiger partial charge in [-0.3, -0.25) is 0 Å². The first-order chi connectivity index (χ1) is 14.3. The summed E-state index contributed by atoms with van der Waals surface area (Å²) in [5, 5.41) is 5.21. The quantitative estimate of drug-likeness (QED) is 0.526. The molecule has 2 aromatic rings. The number of rotatable bonds is 7. The van der Waals surface area contributed by atoms with E-state index in [1.165, 1.54) is 32.4 Å². The minimum atomic E-state index is -0.657. The van der Waals surface area contributed by atoms with Gasteiger partial charge < -0.3 is 24.8 Å². The van der Waals surface area contributed by atoms with Crippen molar-refractivity contribution < 1.29 is 28.6 Å². The molecular formula is C22H26N2O6. The number of benzene rings is 2. The smallest absolute Gasteiger partial charge is 0.339 e. The minimum absolute atomic E-state index is 0.0963. The molecule has 0 aliphatic rings.